The van der Waals surface area contributed by atoms with Gasteiger partial charge in [-0.05, 0) is 38.0 Å². The molecule has 9 nitrogen and oxygen atoms in total. The Morgan fingerprint density at radius 2 is 1.89 bits per heavy atom. The minimum absolute atomic E-state index is 0.0189. The molecule has 1 aromatic heterocycles. The van der Waals surface area contributed by atoms with Crippen LogP contribution < -0.4 is 16.6 Å². The number of nitrogens with one attached hydrogen (secondary N) is 3. The molecule has 1 aromatic carbocycles. The summed E-state index contributed by atoms with van der Waals surface area (Å²) in [5.74, 6) is -0.572. The third-order valence-electron chi connectivity index (χ3n) is 4.59. The fourth-order valence-corrected chi connectivity index (χ4v) is 5.06. The van der Waals surface area contributed by atoms with Gasteiger partial charge in [-0.2, -0.15) is 4.31 Å². The van der Waals surface area contributed by atoms with E-state index >= 15 is 0 Å². The summed E-state index contributed by atoms with van der Waals surface area (Å²) in [7, 11) is -4.08. The number of piperidine rings is 1. The third-order valence-corrected chi connectivity index (χ3v) is 6.88. The van der Waals surface area contributed by atoms with Crippen LogP contribution in [-0.4, -0.2) is 41.7 Å². The van der Waals surface area contributed by atoms with E-state index in [9.17, 15) is 22.8 Å². The van der Waals surface area contributed by atoms with Crippen molar-refractivity contribution >= 4 is 33.2 Å². The molecule has 11 heteroatoms. The van der Waals surface area contributed by atoms with Gasteiger partial charge in [0, 0.05) is 35.4 Å². The number of benzene rings is 1. The highest BCUT2D eigenvalue weighted by Gasteiger charge is 2.34. The molecular formula is C17H19ClN4O5S. The van der Waals surface area contributed by atoms with Crippen molar-refractivity contribution in [2.75, 3.05) is 18.4 Å². The number of halogens is 1. The number of nitrogens with zero attached hydrogens (tertiary/aromatic N) is 1. The molecule has 0 atom stereocenters. The Balaban J connectivity index is 1.70. The molecule has 0 spiro atoms. The van der Waals surface area contributed by atoms with E-state index < -0.39 is 26.2 Å². The number of aromatic amines is 2. The number of sulfonamides is 1. The van der Waals surface area contributed by atoms with Crippen molar-refractivity contribution in [3.05, 3.63) is 55.8 Å². The first kappa shape index (κ1) is 20.3. The van der Waals surface area contributed by atoms with Crippen LogP contribution in [0.2, 0.25) is 5.02 Å². The molecule has 1 aliphatic rings. The van der Waals surface area contributed by atoms with Crippen LogP contribution in [0.3, 0.4) is 0 Å². The summed E-state index contributed by atoms with van der Waals surface area (Å²) in [6, 6.07) is 6.76. The van der Waals surface area contributed by atoms with Crippen molar-refractivity contribution in [3.63, 3.8) is 0 Å². The number of anilines is 1. The van der Waals surface area contributed by atoms with Gasteiger partial charge in [-0.15, -0.1) is 0 Å². The smallest absolute Gasteiger partial charge is 0.325 e. The van der Waals surface area contributed by atoms with Crippen molar-refractivity contribution in [2.45, 2.75) is 24.7 Å². The van der Waals surface area contributed by atoms with E-state index in [1.54, 1.807) is 24.3 Å². The van der Waals surface area contributed by atoms with Crippen LogP contribution in [0.25, 0.3) is 0 Å². The normalized spacial score (nSPS) is 16.1. The van der Waals surface area contributed by atoms with Gasteiger partial charge in [0.1, 0.15) is 0 Å². The highest BCUT2D eigenvalue weighted by molar-refractivity contribution is 7.89. The maximum Gasteiger partial charge on any atom is 0.325 e. The number of carbonyl (C=O) groups is 1. The van der Waals surface area contributed by atoms with Gasteiger partial charge in [0.25, 0.3) is 5.56 Å². The predicted octanol–water partition coefficient (Wildman–Crippen LogP) is 1.06. The molecule has 0 radical (unpaired) electrons. The summed E-state index contributed by atoms with van der Waals surface area (Å²) < 4.78 is 26.8. The summed E-state index contributed by atoms with van der Waals surface area (Å²) >= 11 is 5.90. The molecule has 3 rings (SSSR count). The lowest BCUT2D eigenvalue weighted by atomic mass is 9.97. The van der Waals surface area contributed by atoms with E-state index in [0.29, 0.717) is 23.6 Å². The lowest BCUT2D eigenvalue weighted by Gasteiger charge is -2.30. The van der Waals surface area contributed by atoms with E-state index in [-0.39, 0.29) is 30.6 Å². The van der Waals surface area contributed by atoms with Gasteiger partial charge in [-0.1, -0.05) is 17.7 Å². The fraction of sp³-hybridized carbons (Fsp3) is 0.353. The summed E-state index contributed by atoms with van der Waals surface area (Å²) in [5.41, 5.74) is -1.17. The molecule has 0 unspecified atom stereocenters. The molecule has 0 aliphatic carbocycles. The predicted molar refractivity (Wildman–Crippen MR) is 104 cm³/mol. The Morgan fingerprint density at radius 3 is 2.50 bits per heavy atom. The number of aryl methyl sites for hydroxylation is 1. The van der Waals surface area contributed by atoms with Gasteiger partial charge in [0.15, 0.2) is 4.90 Å². The van der Waals surface area contributed by atoms with Crippen molar-refractivity contribution in [2.24, 2.45) is 5.92 Å². The van der Waals surface area contributed by atoms with E-state index in [2.05, 4.69) is 10.3 Å². The number of amides is 1. The van der Waals surface area contributed by atoms with Gasteiger partial charge in [0.05, 0.1) is 0 Å². The number of carbonyl (C=O) groups excluding carboxylic acids is 1. The molecule has 28 heavy (non-hydrogen) atoms. The standard InChI is InChI=1S/C17H19ClN4O5S/c1-10-14(16(24)21-17(25)19-10)28(26,27)22-7-5-11(6-8-22)15(23)20-13-4-2-3-12(18)9-13/h2-4,9,11H,5-8H2,1H3,(H,20,23)(H2,19,21,24,25). The second-order valence-corrected chi connectivity index (χ2v) is 8.85. The monoisotopic (exact) mass is 426 g/mol. The maximum atomic E-state index is 12.8. The van der Waals surface area contributed by atoms with E-state index in [4.69, 9.17) is 11.6 Å². The molecule has 3 N–H and O–H groups in total. The molecule has 2 aromatic rings. The van der Waals surface area contributed by atoms with E-state index in [1.165, 1.54) is 6.92 Å². The van der Waals surface area contributed by atoms with Crippen LogP contribution in [0.4, 0.5) is 5.69 Å². The third kappa shape index (κ3) is 4.18. The summed E-state index contributed by atoms with van der Waals surface area (Å²) in [6.07, 6.45) is 0.623. The second kappa shape index (κ2) is 7.90. The molecular weight excluding hydrogens is 408 g/mol. The second-order valence-electron chi connectivity index (χ2n) is 6.54. The van der Waals surface area contributed by atoms with Gasteiger partial charge >= 0.3 is 5.69 Å². The van der Waals surface area contributed by atoms with Crippen LogP contribution in [0.1, 0.15) is 18.5 Å². The summed E-state index contributed by atoms with van der Waals surface area (Å²) in [6.45, 7) is 1.54. The fourth-order valence-electron chi connectivity index (χ4n) is 3.20. The zero-order valence-corrected chi connectivity index (χ0v) is 16.6. The Labute approximate surface area is 165 Å². The zero-order valence-electron chi connectivity index (χ0n) is 15.0. The van der Waals surface area contributed by atoms with Gasteiger partial charge < -0.3 is 10.3 Å². The van der Waals surface area contributed by atoms with Crippen molar-refractivity contribution in [3.8, 4) is 0 Å². The lowest BCUT2D eigenvalue weighted by molar-refractivity contribution is -0.120. The van der Waals surface area contributed by atoms with Gasteiger partial charge in [-0.25, -0.2) is 13.2 Å². The first-order valence-electron chi connectivity index (χ1n) is 8.58. The average Bonchev–Trinajstić information content (AvgIpc) is 2.60. The Kier molecular flexibility index (Phi) is 5.73. The number of aromatic nitrogens is 2. The highest BCUT2D eigenvalue weighted by Crippen LogP contribution is 2.25. The molecule has 1 saturated heterocycles. The average molecular weight is 427 g/mol. The number of rotatable bonds is 4. The van der Waals surface area contributed by atoms with Crippen molar-refractivity contribution in [1.29, 1.82) is 0 Å². The molecule has 150 valence electrons. The van der Waals surface area contributed by atoms with Crippen molar-refractivity contribution in [1.82, 2.24) is 14.3 Å². The molecule has 1 fully saturated rings. The number of hydrogen-bond donors (Lipinski definition) is 3. The first-order valence-corrected chi connectivity index (χ1v) is 10.4. The van der Waals surface area contributed by atoms with E-state index in [1.807, 2.05) is 4.98 Å². The zero-order chi connectivity index (χ0) is 20.5. The maximum absolute atomic E-state index is 12.8. The number of hydrogen-bond acceptors (Lipinski definition) is 5. The minimum Gasteiger partial charge on any atom is -0.326 e. The molecule has 0 bridgehead atoms. The SMILES string of the molecule is Cc1[nH]c(=O)[nH]c(=O)c1S(=O)(=O)N1CCC(C(=O)Nc2cccc(Cl)c2)CC1. The summed E-state index contributed by atoms with van der Waals surface area (Å²) in [5, 5.41) is 3.28. The Bertz CT molecular complexity index is 1120. The minimum atomic E-state index is -4.08. The van der Waals surface area contributed by atoms with Crippen LogP contribution >= 0.6 is 11.6 Å². The Morgan fingerprint density at radius 1 is 1.21 bits per heavy atom. The first-order chi connectivity index (χ1) is 13.2. The van der Waals surface area contributed by atoms with Crippen LogP contribution in [0, 0.1) is 12.8 Å². The Hall–Kier alpha value is -2.43. The molecule has 1 aliphatic heterocycles. The quantitative estimate of drug-likeness (QED) is 0.672. The van der Waals surface area contributed by atoms with Crippen molar-refractivity contribution < 1.29 is 13.2 Å². The largest absolute Gasteiger partial charge is 0.326 e. The van der Waals surface area contributed by atoms with Gasteiger partial charge in [0.2, 0.25) is 15.9 Å². The topological polar surface area (TPSA) is 132 Å². The van der Waals surface area contributed by atoms with Gasteiger partial charge in [-0.3, -0.25) is 14.6 Å². The molecule has 2 heterocycles. The summed E-state index contributed by atoms with van der Waals surface area (Å²) in [4.78, 5) is 39.5. The number of H-pyrrole nitrogens is 2. The van der Waals surface area contributed by atoms with Crippen LogP contribution in [-0.2, 0) is 14.8 Å². The van der Waals surface area contributed by atoms with Crippen LogP contribution in [0.15, 0.2) is 38.8 Å². The lowest BCUT2D eigenvalue weighted by Crippen LogP contribution is -2.44. The molecule has 0 saturated carbocycles. The van der Waals surface area contributed by atoms with E-state index in [0.717, 1.165) is 4.31 Å². The molecule has 1 amide bonds. The van der Waals surface area contributed by atoms with Crippen LogP contribution in [0.5, 0.6) is 0 Å². The highest BCUT2D eigenvalue weighted by atomic mass is 35.5.